The molecule has 0 aliphatic carbocycles. The number of nitrogens with one attached hydrogen (secondary N) is 1. The van der Waals surface area contributed by atoms with Crippen LogP contribution in [0, 0.1) is 0 Å². The Morgan fingerprint density at radius 3 is 2.59 bits per heavy atom. The molecule has 0 bridgehead atoms. The van der Waals surface area contributed by atoms with Crippen LogP contribution in [0.15, 0.2) is 47.6 Å². The van der Waals surface area contributed by atoms with Crippen molar-refractivity contribution in [3.8, 4) is 17.1 Å². The molecular formula is C18H13Cl2F3N4OS. The highest BCUT2D eigenvalue weighted by atomic mass is 35.5. The average Bonchev–Trinajstić information content (AvgIpc) is 3.09. The van der Waals surface area contributed by atoms with E-state index in [0.29, 0.717) is 10.6 Å². The third-order valence-corrected chi connectivity index (χ3v) is 5.33. The normalized spacial score (nSPS) is 11.5. The van der Waals surface area contributed by atoms with Gasteiger partial charge >= 0.3 is 6.18 Å². The Labute approximate surface area is 178 Å². The van der Waals surface area contributed by atoms with Gasteiger partial charge in [-0.2, -0.15) is 13.2 Å². The van der Waals surface area contributed by atoms with Gasteiger partial charge in [0.1, 0.15) is 0 Å². The zero-order valence-corrected chi connectivity index (χ0v) is 17.1. The SMILES string of the molecule is CNC(=O)CSc1nnc(-c2cccc(Cl)c2)n1-c1ccc(Cl)c(C(F)(F)F)c1. The maximum atomic E-state index is 13.3. The smallest absolute Gasteiger partial charge is 0.358 e. The second-order valence-electron chi connectivity index (χ2n) is 5.78. The van der Waals surface area contributed by atoms with Crippen LogP contribution in [-0.2, 0) is 11.0 Å². The standard InChI is InChI=1S/C18H13Cl2F3N4OS/c1-24-15(28)9-29-17-26-25-16(10-3-2-4-11(19)7-10)27(17)12-5-6-14(20)13(8-12)18(21,22)23/h2-8H,9H2,1H3,(H,24,28). The van der Waals surface area contributed by atoms with Crippen LogP contribution in [0.3, 0.4) is 0 Å². The molecule has 0 fully saturated rings. The summed E-state index contributed by atoms with van der Waals surface area (Å²) in [6, 6.07) is 10.2. The third kappa shape index (κ3) is 4.85. The van der Waals surface area contributed by atoms with Crippen molar-refractivity contribution < 1.29 is 18.0 Å². The Balaban J connectivity index is 2.17. The van der Waals surface area contributed by atoms with E-state index < -0.39 is 16.8 Å². The molecule has 1 heterocycles. The van der Waals surface area contributed by atoms with Crippen LogP contribution < -0.4 is 5.32 Å². The van der Waals surface area contributed by atoms with Crippen molar-refractivity contribution in [3.05, 3.63) is 58.1 Å². The Morgan fingerprint density at radius 1 is 1.17 bits per heavy atom. The van der Waals surface area contributed by atoms with Crippen molar-refractivity contribution in [1.29, 1.82) is 0 Å². The minimum Gasteiger partial charge on any atom is -0.358 e. The second kappa shape index (κ2) is 8.64. The van der Waals surface area contributed by atoms with Crippen molar-refractivity contribution in [2.75, 3.05) is 12.8 Å². The summed E-state index contributed by atoms with van der Waals surface area (Å²) in [6.07, 6.45) is -4.63. The highest BCUT2D eigenvalue weighted by molar-refractivity contribution is 7.99. The minimum absolute atomic E-state index is 0.0178. The molecule has 0 spiro atoms. The number of benzene rings is 2. The van der Waals surface area contributed by atoms with Crippen LogP contribution in [0.1, 0.15) is 5.56 Å². The molecule has 1 aromatic heterocycles. The number of alkyl halides is 3. The second-order valence-corrected chi connectivity index (χ2v) is 7.56. The van der Waals surface area contributed by atoms with Gasteiger partial charge < -0.3 is 5.32 Å². The number of hydrogen-bond acceptors (Lipinski definition) is 4. The zero-order valence-electron chi connectivity index (χ0n) is 14.8. The van der Waals surface area contributed by atoms with E-state index in [1.165, 1.54) is 17.7 Å². The van der Waals surface area contributed by atoms with Crippen molar-refractivity contribution in [2.24, 2.45) is 0 Å². The van der Waals surface area contributed by atoms with E-state index in [1.54, 1.807) is 24.3 Å². The van der Waals surface area contributed by atoms with Gasteiger partial charge in [0.15, 0.2) is 11.0 Å². The number of halogens is 5. The molecule has 3 aromatic rings. The molecule has 1 N–H and O–H groups in total. The van der Waals surface area contributed by atoms with Crippen LogP contribution in [0.2, 0.25) is 10.0 Å². The van der Waals surface area contributed by atoms with Crippen LogP contribution in [0.25, 0.3) is 17.1 Å². The highest BCUT2D eigenvalue weighted by Crippen LogP contribution is 2.37. The van der Waals surface area contributed by atoms with Crippen molar-refractivity contribution in [1.82, 2.24) is 20.1 Å². The Morgan fingerprint density at radius 2 is 1.93 bits per heavy atom. The molecule has 5 nitrogen and oxygen atoms in total. The van der Waals surface area contributed by atoms with Crippen LogP contribution in [0.4, 0.5) is 13.2 Å². The molecule has 0 aliphatic rings. The van der Waals surface area contributed by atoms with Gasteiger partial charge in [0.25, 0.3) is 0 Å². The van der Waals surface area contributed by atoms with Gasteiger partial charge in [-0.1, -0.05) is 47.1 Å². The number of rotatable bonds is 5. The van der Waals surface area contributed by atoms with E-state index in [1.807, 2.05) is 0 Å². The van der Waals surface area contributed by atoms with Crippen molar-refractivity contribution in [3.63, 3.8) is 0 Å². The average molecular weight is 461 g/mol. The molecule has 1 amide bonds. The number of amides is 1. The fourth-order valence-corrected chi connectivity index (χ4v) is 3.72. The highest BCUT2D eigenvalue weighted by Gasteiger charge is 2.34. The van der Waals surface area contributed by atoms with Gasteiger partial charge in [0, 0.05) is 17.6 Å². The predicted octanol–water partition coefficient (Wildman–Crippen LogP) is 5.10. The van der Waals surface area contributed by atoms with Crippen LogP contribution in [-0.4, -0.2) is 33.5 Å². The Bertz CT molecular complexity index is 1060. The quantitative estimate of drug-likeness (QED) is 0.538. The van der Waals surface area contributed by atoms with Gasteiger partial charge in [-0.05, 0) is 30.3 Å². The van der Waals surface area contributed by atoms with E-state index in [4.69, 9.17) is 23.2 Å². The van der Waals surface area contributed by atoms with E-state index in [9.17, 15) is 18.0 Å². The first-order valence-corrected chi connectivity index (χ1v) is 9.86. The molecule has 152 valence electrons. The molecule has 0 saturated heterocycles. The van der Waals surface area contributed by atoms with Gasteiger partial charge in [-0.3, -0.25) is 9.36 Å². The molecule has 3 rings (SSSR count). The fraction of sp³-hybridized carbons (Fsp3) is 0.167. The lowest BCUT2D eigenvalue weighted by molar-refractivity contribution is -0.137. The first kappa shape index (κ1) is 21.5. The van der Waals surface area contributed by atoms with Crippen LogP contribution in [0.5, 0.6) is 0 Å². The zero-order chi connectivity index (χ0) is 21.2. The van der Waals surface area contributed by atoms with Crippen LogP contribution >= 0.6 is 35.0 Å². The minimum atomic E-state index is -4.63. The maximum absolute atomic E-state index is 13.3. The monoisotopic (exact) mass is 460 g/mol. The van der Waals surface area contributed by atoms with Gasteiger partial charge in [0.2, 0.25) is 5.91 Å². The Kier molecular flexibility index (Phi) is 6.40. The lowest BCUT2D eigenvalue weighted by Crippen LogP contribution is -2.20. The van der Waals surface area contributed by atoms with Crippen molar-refractivity contribution >= 4 is 40.9 Å². The predicted molar refractivity (Wildman–Crippen MR) is 107 cm³/mol. The van der Waals surface area contributed by atoms with E-state index in [2.05, 4.69) is 15.5 Å². The van der Waals surface area contributed by atoms with E-state index >= 15 is 0 Å². The molecule has 11 heteroatoms. The first-order valence-electron chi connectivity index (χ1n) is 8.12. The number of carbonyl (C=O) groups is 1. The summed E-state index contributed by atoms with van der Waals surface area (Å²) >= 11 is 12.8. The molecule has 29 heavy (non-hydrogen) atoms. The molecule has 0 radical (unpaired) electrons. The topological polar surface area (TPSA) is 59.8 Å². The number of nitrogens with zero attached hydrogens (tertiary/aromatic N) is 3. The largest absolute Gasteiger partial charge is 0.417 e. The summed E-state index contributed by atoms with van der Waals surface area (Å²) in [7, 11) is 1.49. The molecule has 0 unspecified atom stereocenters. The summed E-state index contributed by atoms with van der Waals surface area (Å²) in [5.74, 6) is 0.0347. The molecule has 0 saturated carbocycles. The van der Waals surface area contributed by atoms with E-state index in [0.717, 1.165) is 23.9 Å². The lowest BCUT2D eigenvalue weighted by Gasteiger charge is -2.14. The van der Waals surface area contributed by atoms with Gasteiger partial charge in [-0.15, -0.1) is 10.2 Å². The Hall–Kier alpha value is -2.23. The van der Waals surface area contributed by atoms with E-state index in [-0.39, 0.29) is 28.3 Å². The summed E-state index contributed by atoms with van der Waals surface area (Å²) in [5, 5.41) is 10.9. The molecule has 2 aromatic carbocycles. The summed E-state index contributed by atoms with van der Waals surface area (Å²) in [6.45, 7) is 0. The molecule has 0 aliphatic heterocycles. The summed E-state index contributed by atoms with van der Waals surface area (Å²) < 4.78 is 41.5. The van der Waals surface area contributed by atoms with Crippen molar-refractivity contribution in [2.45, 2.75) is 11.3 Å². The van der Waals surface area contributed by atoms with Gasteiger partial charge in [0.05, 0.1) is 22.0 Å². The van der Waals surface area contributed by atoms with Gasteiger partial charge in [-0.25, -0.2) is 0 Å². The maximum Gasteiger partial charge on any atom is 0.417 e. The lowest BCUT2D eigenvalue weighted by atomic mass is 10.1. The number of aromatic nitrogens is 3. The first-order chi connectivity index (χ1) is 13.7. The summed E-state index contributed by atoms with van der Waals surface area (Å²) in [5.41, 5.74) is -0.272. The molecule has 0 atom stereocenters. The fourth-order valence-electron chi connectivity index (χ4n) is 2.48. The summed E-state index contributed by atoms with van der Waals surface area (Å²) in [4.78, 5) is 11.6. The number of hydrogen-bond donors (Lipinski definition) is 1. The third-order valence-electron chi connectivity index (χ3n) is 3.84. The number of carbonyl (C=O) groups excluding carboxylic acids is 1. The number of thioether (sulfide) groups is 1. The molecular weight excluding hydrogens is 448 g/mol.